The van der Waals surface area contributed by atoms with Gasteiger partial charge in [0.15, 0.2) is 5.11 Å². The van der Waals surface area contributed by atoms with Crippen LogP contribution in [0.25, 0.3) is 0 Å². The molecule has 0 bridgehead atoms. The average Bonchev–Trinajstić information content (AvgIpc) is 2.44. The Kier molecular flexibility index (Phi) is 6.24. The van der Waals surface area contributed by atoms with Crippen LogP contribution >= 0.6 is 12.2 Å². The van der Waals surface area contributed by atoms with E-state index in [0.717, 1.165) is 0 Å². The van der Waals surface area contributed by atoms with Gasteiger partial charge in [-0.05, 0) is 30.3 Å². The van der Waals surface area contributed by atoms with Crippen LogP contribution in [0.15, 0.2) is 18.2 Å². The number of nitrogens with one attached hydrogen (secondary N) is 2. The summed E-state index contributed by atoms with van der Waals surface area (Å²) in [5.41, 5.74) is 0.426. The van der Waals surface area contributed by atoms with E-state index < -0.39 is 0 Å². The van der Waals surface area contributed by atoms with Crippen molar-refractivity contribution in [1.29, 1.82) is 0 Å². The van der Waals surface area contributed by atoms with Crippen LogP contribution in [0, 0.1) is 5.92 Å². The van der Waals surface area contributed by atoms with Crippen LogP contribution in [0.1, 0.15) is 24.2 Å². The van der Waals surface area contributed by atoms with E-state index >= 15 is 0 Å². The van der Waals surface area contributed by atoms with Crippen molar-refractivity contribution in [3.63, 3.8) is 0 Å². The molecular formula is C14H20N2O3S. The topological polar surface area (TPSA) is 59.6 Å². The first-order chi connectivity index (χ1) is 9.46. The lowest BCUT2D eigenvalue weighted by atomic mass is 10.2. The summed E-state index contributed by atoms with van der Waals surface area (Å²) in [6.45, 7) is 4.83. The third-order valence-corrected chi connectivity index (χ3v) is 2.76. The Labute approximate surface area is 124 Å². The van der Waals surface area contributed by atoms with Crippen LogP contribution < -0.4 is 20.1 Å². The molecule has 1 rings (SSSR count). The summed E-state index contributed by atoms with van der Waals surface area (Å²) in [5.74, 6) is 1.25. The molecule has 0 heterocycles. The van der Waals surface area contributed by atoms with E-state index in [4.69, 9.17) is 21.7 Å². The molecule has 0 aliphatic carbocycles. The van der Waals surface area contributed by atoms with Crippen LogP contribution in [0.2, 0.25) is 0 Å². The number of thiocarbonyl (C=S) groups is 1. The van der Waals surface area contributed by atoms with Crippen LogP contribution in [-0.2, 0) is 0 Å². The van der Waals surface area contributed by atoms with Gasteiger partial charge in [-0.2, -0.15) is 0 Å². The highest BCUT2D eigenvalue weighted by Crippen LogP contribution is 2.22. The Balaban J connectivity index is 2.74. The van der Waals surface area contributed by atoms with Gasteiger partial charge in [0.05, 0.1) is 14.2 Å². The number of hydrogen-bond donors (Lipinski definition) is 2. The zero-order valence-corrected chi connectivity index (χ0v) is 13.0. The van der Waals surface area contributed by atoms with E-state index in [9.17, 15) is 4.79 Å². The van der Waals surface area contributed by atoms with E-state index in [2.05, 4.69) is 24.5 Å². The Morgan fingerprint density at radius 1 is 1.20 bits per heavy atom. The number of rotatable bonds is 5. The van der Waals surface area contributed by atoms with Crippen molar-refractivity contribution in [2.45, 2.75) is 13.8 Å². The molecular weight excluding hydrogens is 276 g/mol. The molecule has 110 valence electrons. The Hall–Kier alpha value is -1.82. The van der Waals surface area contributed by atoms with E-state index in [0.29, 0.717) is 34.6 Å². The highest BCUT2D eigenvalue weighted by molar-refractivity contribution is 7.80. The van der Waals surface area contributed by atoms with Gasteiger partial charge in [0.25, 0.3) is 5.91 Å². The smallest absolute Gasteiger partial charge is 0.257 e. The molecule has 0 radical (unpaired) electrons. The van der Waals surface area contributed by atoms with Crippen molar-refractivity contribution in [2.24, 2.45) is 5.92 Å². The summed E-state index contributed by atoms with van der Waals surface area (Å²) in [6.07, 6.45) is 0. The molecule has 0 aliphatic heterocycles. The van der Waals surface area contributed by atoms with Gasteiger partial charge in [-0.15, -0.1) is 0 Å². The first kappa shape index (κ1) is 16.2. The second kappa shape index (κ2) is 7.69. The molecule has 1 aromatic carbocycles. The van der Waals surface area contributed by atoms with Crippen molar-refractivity contribution in [1.82, 2.24) is 10.6 Å². The van der Waals surface area contributed by atoms with Crippen molar-refractivity contribution in [2.75, 3.05) is 20.8 Å². The minimum atomic E-state index is -0.302. The van der Waals surface area contributed by atoms with E-state index in [1.165, 1.54) is 14.2 Å². The third-order valence-electron chi connectivity index (χ3n) is 2.51. The van der Waals surface area contributed by atoms with E-state index in [1.54, 1.807) is 18.2 Å². The molecule has 2 N–H and O–H groups in total. The second-order valence-corrected chi connectivity index (χ2v) is 5.07. The zero-order chi connectivity index (χ0) is 15.1. The van der Waals surface area contributed by atoms with Gasteiger partial charge in [0, 0.05) is 18.2 Å². The molecule has 0 saturated carbocycles. The summed E-state index contributed by atoms with van der Waals surface area (Å²) < 4.78 is 10.2. The molecule has 0 fully saturated rings. The first-order valence-electron chi connectivity index (χ1n) is 6.28. The van der Waals surface area contributed by atoms with Crippen LogP contribution in [0.4, 0.5) is 0 Å². The third kappa shape index (κ3) is 5.05. The fourth-order valence-electron chi connectivity index (χ4n) is 1.45. The maximum atomic E-state index is 12.1. The standard InChI is InChI=1S/C14H20N2O3S/c1-9(2)8-15-14(20)16-13(17)10-5-11(18-3)7-12(6-10)19-4/h5-7,9H,8H2,1-4H3,(H2,15,16,17,20). The fourth-order valence-corrected chi connectivity index (χ4v) is 1.63. The van der Waals surface area contributed by atoms with Gasteiger partial charge in [0.1, 0.15) is 11.5 Å². The van der Waals surface area contributed by atoms with Gasteiger partial charge >= 0.3 is 0 Å². The second-order valence-electron chi connectivity index (χ2n) is 4.66. The monoisotopic (exact) mass is 296 g/mol. The summed E-state index contributed by atoms with van der Waals surface area (Å²) >= 11 is 5.07. The van der Waals surface area contributed by atoms with Gasteiger partial charge in [0.2, 0.25) is 0 Å². The number of methoxy groups -OCH3 is 2. The Morgan fingerprint density at radius 2 is 1.75 bits per heavy atom. The normalized spacial score (nSPS) is 10.1. The molecule has 0 atom stereocenters. The van der Waals surface area contributed by atoms with Gasteiger partial charge < -0.3 is 14.8 Å². The molecule has 20 heavy (non-hydrogen) atoms. The highest BCUT2D eigenvalue weighted by Gasteiger charge is 2.11. The van der Waals surface area contributed by atoms with Crippen LogP contribution in [0.5, 0.6) is 11.5 Å². The maximum Gasteiger partial charge on any atom is 0.257 e. The summed E-state index contributed by atoms with van der Waals surface area (Å²) in [7, 11) is 3.07. The zero-order valence-electron chi connectivity index (χ0n) is 12.1. The highest BCUT2D eigenvalue weighted by atomic mass is 32.1. The molecule has 0 saturated heterocycles. The van der Waals surface area contributed by atoms with Gasteiger partial charge in [-0.25, -0.2) is 0 Å². The minimum absolute atomic E-state index is 0.302. The molecule has 0 aliphatic rings. The Bertz CT molecular complexity index is 467. The molecule has 5 nitrogen and oxygen atoms in total. The van der Waals surface area contributed by atoms with Gasteiger partial charge in [-0.3, -0.25) is 10.1 Å². The number of benzene rings is 1. The van der Waals surface area contributed by atoms with Crippen LogP contribution in [-0.4, -0.2) is 31.8 Å². The number of hydrogen-bond acceptors (Lipinski definition) is 4. The largest absolute Gasteiger partial charge is 0.497 e. The molecule has 1 aromatic rings. The molecule has 0 unspecified atom stereocenters. The average molecular weight is 296 g/mol. The number of carbonyl (C=O) groups excluding carboxylic acids is 1. The minimum Gasteiger partial charge on any atom is -0.497 e. The number of amides is 1. The molecule has 6 heteroatoms. The van der Waals surface area contributed by atoms with Crippen molar-refractivity contribution >= 4 is 23.2 Å². The molecule has 0 spiro atoms. The summed E-state index contributed by atoms with van der Waals surface area (Å²) in [5, 5.41) is 5.91. The quantitative estimate of drug-likeness (QED) is 0.814. The van der Waals surface area contributed by atoms with Crippen molar-refractivity contribution in [3.8, 4) is 11.5 Å². The number of carbonyl (C=O) groups is 1. The Morgan fingerprint density at radius 3 is 2.20 bits per heavy atom. The molecule has 0 aromatic heterocycles. The van der Waals surface area contributed by atoms with Gasteiger partial charge in [-0.1, -0.05) is 13.8 Å². The lowest BCUT2D eigenvalue weighted by Gasteiger charge is -2.12. The summed E-state index contributed by atoms with van der Waals surface area (Å²) in [4.78, 5) is 12.1. The summed E-state index contributed by atoms with van der Waals surface area (Å²) in [6, 6.07) is 4.96. The lowest BCUT2D eigenvalue weighted by Crippen LogP contribution is -2.40. The molecule has 1 amide bonds. The van der Waals surface area contributed by atoms with Crippen molar-refractivity contribution in [3.05, 3.63) is 23.8 Å². The predicted molar refractivity (Wildman–Crippen MR) is 82.5 cm³/mol. The van der Waals surface area contributed by atoms with E-state index in [-0.39, 0.29) is 5.91 Å². The lowest BCUT2D eigenvalue weighted by molar-refractivity contribution is 0.0976. The fraction of sp³-hybridized carbons (Fsp3) is 0.429. The predicted octanol–water partition coefficient (Wildman–Crippen LogP) is 1.96. The van der Waals surface area contributed by atoms with Crippen LogP contribution in [0.3, 0.4) is 0 Å². The van der Waals surface area contributed by atoms with E-state index in [1.807, 2.05) is 0 Å². The van der Waals surface area contributed by atoms with Crippen molar-refractivity contribution < 1.29 is 14.3 Å². The first-order valence-corrected chi connectivity index (χ1v) is 6.69. The number of ether oxygens (including phenoxy) is 2. The maximum absolute atomic E-state index is 12.1. The SMILES string of the molecule is COc1cc(OC)cc(C(=O)NC(=S)NCC(C)C)c1.